The van der Waals surface area contributed by atoms with Gasteiger partial charge in [0.1, 0.15) is 5.01 Å². The van der Waals surface area contributed by atoms with Crippen LogP contribution in [-0.2, 0) is 6.54 Å². The molecule has 0 aliphatic rings. The zero-order valence-electron chi connectivity index (χ0n) is 12.6. The minimum absolute atomic E-state index is 0.193. The van der Waals surface area contributed by atoms with E-state index in [1.165, 1.54) is 0 Å². The number of benzene rings is 2. The number of carbonyl (C=O) groups is 2. The van der Waals surface area contributed by atoms with E-state index in [0.29, 0.717) is 16.3 Å². The number of hydrogen-bond acceptors (Lipinski definition) is 5. The number of amides is 2. The van der Waals surface area contributed by atoms with Gasteiger partial charge in [-0.1, -0.05) is 47.7 Å². The number of nitrogens with one attached hydrogen (secondary N) is 2. The molecule has 1 heterocycles. The third-order valence-corrected chi connectivity index (χ3v) is 4.05. The predicted octanol–water partition coefficient (Wildman–Crippen LogP) is 2.72. The molecule has 0 spiro atoms. The van der Waals surface area contributed by atoms with Crippen LogP contribution in [0.1, 0.15) is 25.2 Å². The minimum Gasteiger partial charge on any atom is -0.345 e. The Morgan fingerprint density at radius 3 is 2.25 bits per heavy atom. The number of aromatic nitrogens is 2. The van der Waals surface area contributed by atoms with Gasteiger partial charge in [0, 0.05) is 11.3 Å². The first kappa shape index (κ1) is 15.8. The molecule has 3 rings (SSSR count). The molecular formula is C17H14N4O2S. The molecule has 0 bridgehead atoms. The van der Waals surface area contributed by atoms with Gasteiger partial charge in [-0.3, -0.25) is 9.59 Å². The highest BCUT2D eigenvalue weighted by Gasteiger charge is 2.13. The zero-order chi connectivity index (χ0) is 16.8. The monoisotopic (exact) mass is 338 g/mol. The van der Waals surface area contributed by atoms with E-state index in [9.17, 15) is 9.59 Å². The molecule has 1 aromatic heterocycles. The summed E-state index contributed by atoms with van der Waals surface area (Å²) >= 11 is 1.15. The summed E-state index contributed by atoms with van der Waals surface area (Å²) in [6, 6.07) is 18.0. The number of carbonyl (C=O) groups excluding carboxylic acids is 2. The molecule has 0 aliphatic carbocycles. The topological polar surface area (TPSA) is 84.0 Å². The molecule has 0 radical (unpaired) electrons. The molecule has 0 fully saturated rings. The van der Waals surface area contributed by atoms with Crippen molar-refractivity contribution >= 4 is 28.8 Å². The van der Waals surface area contributed by atoms with Crippen LogP contribution in [0.2, 0.25) is 0 Å². The fraction of sp³-hybridized carbons (Fsp3) is 0.0588. The SMILES string of the molecule is O=C(NCc1nnc(C(=O)Nc2ccccc2)s1)c1ccccc1. The fourth-order valence-corrected chi connectivity index (χ4v) is 2.64. The van der Waals surface area contributed by atoms with E-state index in [1.54, 1.807) is 36.4 Å². The third kappa shape index (κ3) is 4.02. The lowest BCUT2D eigenvalue weighted by Gasteiger charge is -2.02. The summed E-state index contributed by atoms with van der Waals surface area (Å²) in [5, 5.41) is 14.1. The van der Waals surface area contributed by atoms with Crippen LogP contribution in [0.5, 0.6) is 0 Å². The Balaban J connectivity index is 1.57. The Labute approximate surface area is 142 Å². The number of hydrogen-bond donors (Lipinski definition) is 2. The molecule has 120 valence electrons. The highest BCUT2D eigenvalue weighted by Crippen LogP contribution is 2.13. The Bertz CT molecular complexity index is 834. The minimum atomic E-state index is -0.320. The molecule has 0 atom stereocenters. The average molecular weight is 338 g/mol. The molecule has 0 unspecified atom stereocenters. The molecule has 24 heavy (non-hydrogen) atoms. The van der Waals surface area contributed by atoms with Gasteiger partial charge in [-0.2, -0.15) is 0 Å². The molecule has 2 N–H and O–H groups in total. The summed E-state index contributed by atoms with van der Waals surface area (Å²) < 4.78 is 0. The van der Waals surface area contributed by atoms with Crippen LogP contribution in [0.4, 0.5) is 5.69 Å². The smallest absolute Gasteiger partial charge is 0.286 e. The Hall–Kier alpha value is -3.06. The van der Waals surface area contributed by atoms with Gasteiger partial charge in [-0.05, 0) is 24.3 Å². The van der Waals surface area contributed by atoms with Crippen LogP contribution in [0.15, 0.2) is 60.7 Å². The van der Waals surface area contributed by atoms with Crippen molar-refractivity contribution < 1.29 is 9.59 Å². The van der Waals surface area contributed by atoms with Crippen molar-refractivity contribution in [1.29, 1.82) is 0 Å². The summed E-state index contributed by atoms with van der Waals surface area (Å²) in [7, 11) is 0. The normalized spacial score (nSPS) is 10.2. The molecule has 3 aromatic rings. The van der Waals surface area contributed by atoms with E-state index in [4.69, 9.17) is 0 Å². The Kier molecular flexibility index (Phi) is 4.93. The van der Waals surface area contributed by atoms with Gasteiger partial charge in [-0.15, -0.1) is 10.2 Å². The molecule has 7 heteroatoms. The first-order valence-corrected chi connectivity index (χ1v) is 8.06. The van der Waals surface area contributed by atoms with Crippen LogP contribution >= 0.6 is 11.3 Å². The second-order valence-corrected chi connectivity index (χ2v) is 5.93. The lowest BCUT2D eigenvalue weighted by Crippen LogP contribution is -2.22. The largest absolute Gasteiger partial charge is 0.345 e. The van der Waals surface area contributed by atoms with Crippen molar-refractivity contribution in [3.63, 3.8) is 0 Å². The van der Waals surface area contributed by atoms with Crippen molar-refractivity contribution in [2.45, 2.75) is 6.54 Å². The summed E-state index contributed by atoms with van der Waals surface area (Å²) in [6.45, 7) is 0.226. The molecular weight excluding hydrogens is 324 g/mol. The maximum Gasteiger partial charge on any atom is 0.286 e. The van der Waals surface area contributed by atoms with Crippen LogP contribution in [0.3, 0.4) is 0 Å². The summed E-state index contributed by atoms with van der Waals surface area (Å²) in [5.74, 6) is -0.513. The fourth-order valence-electron chi connectivity index (χ4n) is 1.97. The van der Waals surface area contributed by atoms with Gasteiger partial charge < -0.3 is 10.6 Å². The summed E-state index contributed by atoms with van der Waals surface area (Å²) in [6.07, 6.45) is 0. The number of anilines is 1. The number of para-hydroxylation sites is 1. The van der Waals surface area contributed by atoms with E-state index < -0.39 is 0 Å². The van der Waals surface area contributed by atoms with Gasteiger partial charge in [0.05, 0.1) is 6.54 Å². The Morgan fingerprint density at radius 2 is 1.54 bits per heavy atom. The highest BCUT2D eigenvalue weighted by atomic mass is 32.1. The van der Waals surface area contributed by atoms with E-state index in [0.717, 1.165) is 11.3 Å². The lowest BCUT2D eigenvalue weighted by atomic mass is 10.2. The van der Waals surface area contributed by atoms with Crippen LogP contribution in [-0.4, -0.2) is 22.0 Å². The van der Waals surface area contributed by atoms with Crippen molar-refractivity contribution in [3.05, 3.63) is 76.2 Å². The standard InChI is InChI=1S/C17H14N4O2S/c22-15(12-7-3-1-4-8-12)18-11-14-20-21-17(24-14)16(23)19-13-9-5-2-6-10-13/h1-10H,11H2,(H,18,22)(H,19,23). The van der Waals surface area contributed by atoms with Crippen molar-refractivity contribution in [3.8, 4) is 0 Å². The maximum atomic E-state index is 12.1. The van der Waals surface area contributed by atoms with Gasteiger partial charge >= 0.3 is 0 Å². The molecule has 6 nitrogen and oxygen atoms in total. The van der Waals surface area contributed by atoms with Crippen molar-refractivity contribution in [1.82, 2.24) is 15.5 Å². The molecule has 2 aromatic carbocycles. The quantitative estimate of drug-likeness (QED) is 0.749. The predicted molar refractivity (Wildman–Crippen MR) is 91.9 cm³/mol. The second-order valence-electron chi connectivity index (χ2n) is 4.87. The first-order valence-electron chi connectivity index (χ1n) is 7.24. The Morgan fingerprint density at radius 1 is 0.875 bits per heavy atom. The summed E-state index contributed by atoms with van der Waals surface area (Å²) in [4.78, 5) is 24.1. The number of nitrogens with zero attached hydrogens (tertiary/aromatic N) is 2. The zero-order valence-corrected chi connectivity index (χ0v) is 13.4. The number of rotatable bonds is 5. The van der Waals surface area contributed by atoms with Crippen molar-refractivity contribution in [2.75, 3.05) is 5.32 Å². The third-order valence-electron chi connectivity index (χ3n) is 3.13. The van der Waals surface area contributed by atoms with E-state index >= 15 is 0 Å². The first-order chi connectivity index (χ1) is 11.7. The maximum absolute atomic E-state index is 12.1. The van der Waals surface area contributed by atoms with Gasteiger partial charge in [0.15, 0.2) is 0 Å². The molecule has 2 amide bonds. The van der Waals surface area contributed by atoms with Crippen LogP contribution in [0.25, 0.3) is 0 Å². The van der Waals surface area contributed by atoms with Gasteiger partial charge in [0.25, 0.3) is 11.8 Å². The molecule has 0 saturated carbocycles. The van der Waals surface area contributed by atoms with Gasteiger partial charge in [-0.25, -0.2) is 0 Å². The van der Waals surface area contributed by atoms with Crippen LogP contribution < -0.4 is 10.6 Å². The van der Waals surface area contributed by atoms with Crippen molar-refractivity contribution in [2.24, 2.45) is 0 Å². The summed E-state index contributed by atoms with van der Waals surface area (Å²) in [5.41, 5.74) is 1.26. The van der Waals surface area contributed by atoms with Crippen LogP contribution in [0, 0.1) is 0 Å². The highest BCUT2D eigenvalue weighted by molar-refractivity contribution is 7.13. The lowest BCUT2D eigenvalue weighted by molar-refractivity contribution is 0.0950. The second kappa shape index (κ2) is 7.47. The van der Waals surface area contributed by atoms with Gasteiger partial charge in [0.2, 0.25) is 5.01 Å². The van der Waals surface area contributed by atoms with E-state index in [2.05, 4.69) is 20.8 Å². The molecule has 0 saturated heterocycles. The van der Waals surface area contributed by atoms with E-state index in [1.807, 2.05) is 24.3 Å². The van der Waals surface area contributed by atoms with E-state index in [-0.39, 0.29) is 23.4 Å². The molecule has 0 aliphatic heterocycles. The average Bonchev–Trinajstić information content (AvgIpc) is 3.10.